The Balaban J connectivity index is 1.91. The zero-order valence-corrected chi connectivity index (χ0v) is 13.3. The van der Waals surface area contributed by atoms with Crippen molar-refractivity contribution in [3.05, 3.63) is 75.5 Å². The van der Waals surface area contributed by atoms with Crippen LogP contribution in [0.2, 0.25) is 0 Å². The van der Waals surface area contributed by atoms with Crippen LogP contribution in [0.4, 0.5) is 5.69 Å². The number of para-hydroxylation sites is 1. The van der Waals surface area contributed by atoms with Crippen molar-refractivity contribution in [1.29, 1.82) is 0 Å². The predicted molar refractivity (Wildman–Crippen MR) is 91.3 cm³/mol. The molecule has 0 fully saturated rings. The van der Waals surface area contributed by atoms with Gasteiger partial charge in [-0.25, -0.2) is 9.79 Å². The van der Waals surface area contributed by atoms with E-state index in [1.807, 2.05) is 6.92 Å². The average molecular weight is 338 g/mol. The number of ether oxygens (including phenoxy) is 2. The van der Waals surface area contributed by atoms with Gasteiger partial charge in [-0.2, -0.15) is 0 Å². The highest BCUT2D eigenvalue weighted by Gasteiger charge is 2.25. The van der Waals surface area contributed by atoms with Crippen LogP contribution in [0.5, 0.6) is 5.75 Å². The maximum absolute atomic E-state index is 12.0. The van der Waals surface area contributed by atoms with E-state index in [1.165, 1.54) is 12.1 Å². The van der Waals surface area contributed by atoms with E-state index in [2.05, 4.69) is 4.99 Å². The molecule has 25 heavy (non-hydrogen) atoms. The number of carbonyl (C=O) groups is 1. The molecule has 0 atom stereocenters. The number of nitrogens with zero attached hydrogens (tertiary/aromatic N) is 2. The Bertz CT molecular complexity index is 885. The van der Waals surface area contributed by atoms with Crippen molar-refractivity contribution < 1.29 is 19.2 Å². The van der Waals surface area contributed by atoms with Gasteiger partial charge in [0, 0.05) is 11.6 Å². The summed E-state index contributed by atoms with van der Waals surface area (Å²) in [6, 6.07) is 13.1. The predicted octanol–water partition coefficient (Wildman–Crippen LogP) is 3.34. The van der Waals surface area contributed by atoms with E-state index in [0.717, 1.165) is 0 Å². The molecular weight excluding hydrogens is 324 g/mol. The Morgan fingerprint density at radius 2 is 1.92 bits per heavy atom. The second-order valence-corrected chi connectivity index (χ2v) is 5.11. The standard InChI is InChI=1S/C18H14N2O5/c1-2-24-14-9-7-12(8-10-14)17-19-15(18(21)25-17)11-13-5-3-4-6-16(13)20(22)23/h3-11H,2H2,1H3/b15-11-. The van der Waals surface area contributed by atoms with Gasteiger partial charge in [0.05, 0.1) is 17.1 Å². The van der Waals surface area contributed by atoms with Crippen LogP contribution in [0.15, 0.2) is 59.2 Å². The van der Waals surface area contributed by atoms with E-state index >= 15 is 0 Å². The fourth-order valence-corrected chi connectivity index (χ4v) is 2.32. The van der Waals surface area contributed by atoms with Crippen molar-refractivity contribution in [2.24, 2.45) is 4.99 Å². The molecule has 0 bridgehead atoms. The molecular formula is C18H14N2O5. The van der Waals surface area contributed by atoms with Crippen molar-refractivity contribution >= 4 is 23.6 Å². The van der Waals surface area contributed by atoms with Gasteiger partial charge >= 0.3 is 5.97 Å². The topological polar surface area (TPSA) is 91.0 Å². The summed E-state index contributed by atoms with van der Waals surface area (Å²) in [5, 5.41) is 11.1. The van der Waals surface area contributed by atoms with E-state index in [1.54, 1.807) is 42.5 Å². The third kappa shape index (κ3) is 3.55. The maximum Gasteiger partial charge on any atom is 0.363 e. The van der Waals surface area contributed by atoms with Crippen molar-refractivity contribution in [3.8, 4) is 5.75 Å². The van der Waals surface area contributed by atoms with Crippen LogP contribution in [0.1, 0.15) is 18.1 Å². The van der Waals surface area contributed by atoms with Gasteiger partial charge in [-0.3, -0.25) is 10.1 Å². The normalized spacial score (nSPS) is 15.0. The first-order valence-corrected chi connectivity index (χ1v) is 7.57. The highest BCUT2D eigenvalue weighted by Crippen LogP contribution is 2.25. The number of benzene rings is 2. The summed E-state index contributed by atoms with van der Waals surface area (Å²) >= 11 is 0. The number of nitro benzene ring substituents is 1. The molecule has 126 valence electrons. The van der Waals surface area contributed by atoms with Crippen LogP contribution in [-0.4, -0.2) is 23.4 Å². The van der Waals surface area contributed by atoms with Gasteiger partial charge in [-0.1, -0.05) is 12.1 Å². The minimum Gasteiger partial charge on any atom is -0.494 e. The highest BCUT2D eigenvalue weighted by atomic mass is 16.6. The number of carbonyl (C=O) groups excluding carboxylic acids is 1. The van der Waals surface area contributed by atoms with E-state index in [-0.39, 0.29) is 22.8 Å². The van der Waals surface area contributed by atoms with Gasteiger partial charge in [0.15, 0.2) is 5.70 Å². The molecule has 1 heterocycles. The number of hydrogen-bond donors (Lipinski definition) is 0. The summed E-state index contributed by atoms with van der Waals surface area (Å²) in [5.74, 6) is 0.201. The van der Waals surface area contributed by atoms with Crippen molar-refractivity contribution in [2.75, 3.05) is 6.61 Å². The summed E-state index contributed by atoms with van der Waals surface area (Å²) in [6.45, 7) is 2.44. The molecule has 0 N–H and O–H groups in total. The monoisotopic (exact) mass is 338 g/mol. The second kappa shape index (κ2) is 6.96. The lowest BCUT2D eigenvalue weighted by Crippen LogP contribution is -2.05. The summed E-state index contributed by atoms with van der Waals surface area (Å²) in [4.78, 5) is 26.7. The number of aliphatic imine (C=N–C) groups is 1. The van der Waals surface area contributed by atoms with E-state index < -0.39 is 10.9 Å². The Morgan fingerprint density at radius 1 is 1.20 bits per heavy atom. The Hall–Kier alpha value is -3.48. The lowest BCUT2D eigenvalue weighted by atomic mass is 10.1. The zero-order valence-electron chi connectivity index (χ0n) is 13.3. The van der Waals surface area contributed by atoms with Crippen molar-refractivity contribution in [1.82, 2.24) is 0 Å². The molecule has 2 aromatic rings. The molecule has 1 aliphatic heterocycles. The van der Waals surface area contributed by atoms with Crippen molar-refractivity contribution in [3.63, 3.8) is 0 Å². The quantitative estimate of drug-likeness (QED) is 0.361. The van der Waals surface area contributed by atoms with Gasteiger partial charge in [-0.15, -0.1) is 0 Å². The van der Waals surface area contributed by atoms with Gasteiger partial charge in [-0.05, 0) is 43.3 Å². The first kappa shape index (κ1) is 16.4. The summed E-state index contributed by atoms with van der Waals surface area (Å²) in [7, 11) is 0. The number of cyclic esters (lactones) is 1. The Morgan fingerprint density at radius 3 is 2.60 bits per heavy atom. The molecule has 7 nitrogen and oxygen atoms in total. The average Bonchev–Trinajstić information content (AvgIpc) is 2.97. The van der Waals surface area contributed by atoms with Gasteiger partial charge < -0.3 is 9.47 Å². The summed E-state index contributed by atoms with van der Waals surface area (Å²) < 4.78 is 10.5. The number of hydrogen-bond acceptors (Lipinski definition) is 6. The highest BCUT2D eigenvalue weighted by molar-refractivity contribution is 6.13. The Kier molecular flexibility index (Phi) is 4.56. The van der Waals surface area contributed by atoms with Crippen LogP contribution in [-0.2, 0) is 9.53 Å². The summed E-state index contributed by atoms with van der Waals surface area (Å²) in [5.41, 5.74) is 0.810. The first-order chi connectivity index (χ1) is 12.1. The van der Waals surface area contributed by atoms with Crippen LogP contribution in [0.25, 0.3) is 6.08 Å². The molecule has 0 saturated carbocycles. The van der Waals surface area contributed by atoms with Crippen molar-refractivity contribution in [2.45, 2.75) is 6.92 Å². The molecule has 0 aromatic heterocycles. The molecule has 3 rings (SSSR count). The number of rotatable bonds is 5. The lowest BCUT2D eigenvalue weighted by molar-refractivity contribution is -0.385. The zero-order chi connectivity index (χ0) is 17.8. The SMILES string of the molecule is CCOc1ccc(C2=N/C(=C\c3ccccc3[N+](=O)[O-])C(=O)O2)cc1. The third-order valence-electron chi connectivity index (χ3n) is 3.46. The van der Waals surface area contributed by atoms with Gasteiger partial charge in [0.25, 0.3) is 5.69 Å². The fraction of sp³-hybridized carbons (Fsp3) is 0.111. The molecule has 2 aromatic carbocycles. The summed E-state index contributed by atoms with van der Waals surface area (Å²) in [6.07, 6.45) is 1.35. The van der Waals surface area contributed by atoms with Crippen LogP contribution in [0.3, 0.4) is 0 Å². The molecule has 0 radical (unpaired) electrons. The third-order valence-corrected chi connectivity index (χ3v) is 3.46. The lowest BCUT2D eigenvalue weighted by Gasteiger charge is -2.03. The smallest absolute Gasteiger partial charge is 0.363 e. The molecule has 0 saturated heterocycles. The molecule has 0 aliphatic carbocycles. The van der Waals surface area contributed by atoms with Crippen LogP contribution < -0.4 is 4.74 Å². The molecule has 0 amide bonds. The maximum atomic E-state index is 12.0. The minimum absolute atomic E-state index is 0.0122. The van der Waals surface area contributed by atoms with Crippen LogP contribution >= 0.6 is 0 Å². The largest absolute Gasteiger partial charge is 0.494 e. The second-order valence-electron chi connectivity index (χ2n) is 5.11. The number of nitro groups is 1. The molecule has 0 spiro atoms. The first-order valence-electron chi connectivity index (χ1n) is 7.57. The van der Waals surface area contributed by atoms with E-state index in [4.69, 9.17) is 9.47 Å². The Labute approximate surface area is 143 Å². The van der Waals surface area contributed by atoms with E-state index in [0.29, 0.717) is 17.9 Å². The van der Waals surface area contributed by atoms with Gasteiger partial charge in [0.1, 0.15) is 5.75 Å². The van der Waals surface area contributed by atoms with Gasteiger partial charge in [0.2, 0.25) is 5.90 Å². The minimum atomic E-state index is -0.651. The fourth-order valence-electron chi connectivity index (χ4n) is 2.32. The molecule has 1 aliphatic rings. The number of esters is 1. The van der Waals surface area contributed by atoms with E-state index in [9.17, 15) is 14.9 Å². The van der Waals surface area contributed by atoms with Crippen LogP contribution in [0, 0.1) is 10.1 Å². The molecule has 7 heteroatoms. The molecule has 0 unspecified atom stereocenters.